The van der Waals surface area contributed by atoms with Crippen molar-refractivity contribution >= 4 is 50.7 Å². The molecule has 2 atom stereocenters. The van der Waals surface area contributed by atoms with E-state index in [0.29, 0.717) is 27.7 Å². The van der Waals surface area contributed by atoms with E-state index in [1.165, 1.54) is 17.0 Å². The highest BCUT2D eigenvalue weighted by atomic mass is 35.5. The zero-order valence-corrected chi connectivity index (χ0v) is 28.7. The van der Waals surface area contributed by atoms with Crippen LogP contribution >= 0.6 is 23.2 Å². The first-order valence-corrected chi connectivity index (χ1v) is 17.3. The van der Waals surface area contributed by atoms with Crippen molar-refractivity contribution in [3.8, 4) is 0 Å². The smallest absolute Gasteiger partial charge is 0.264 e. The number of halogens is 2. The molecule has 4 aromatic rings. The van der Waals surface area contributed by atoms with Crippen LogP contribution in [0.5, 0.6) is 0 Å². The highest BCUT2D eigenvalue weighted by Gasteiger charge is 2.35. The fourth-order valence-corrected chi connectivity index (χ4v) is 6.86. The molecule has 0 bridgehead atoms. The highest BCUT2D eigenvalue weighted by Crippen LogP contribution is 2.30. The van der Waals surface area contributed by atoms with Crippen molar-refractivity contribution in [3.63, 3.8) is 0 Å². The molecule has 10 heteroatoms. The first-order valence-electron chi connectivity index (χ1n) is 15.1. The summed E-state index contributed by atoms with van der Waals surface area (Å²) in [5, 5.41) is 4.01. The van der Waals surface area contributed by atoms with Gasteiger partial charge in [0.05, 0.1) is 10.6 Å². The van der Waals surface area contributed by atoms with Gasteiger partial charge < -0.3 is 10.2 Å². The van der Waals surface area contributed by atoms with E-state index in [-0.39, 0.29) is 29.8 Å². The summed E-state index contributed by atoms with van der Waals surface area (Å²) in [6.45, 7) is 6.99. The third-order valence-corrected chi connectivity index (χ3v) is 10.1. The number of nitrogens with zero attached hydrogens (tertiary/aromatic N) is 2. The molecule has 0 aliphatic heterocycles. The number of hydrogen-bond donors (Lipinski definition) is 1. The number of anilines is 1. The maximum Gasteiger partial charge on any atom is 0.264 e. The van der Waals surface area contributed by atoms with E-state index in [1.807, 2.05) is 51.1 Å². The molecule has 0 aliphatic rings. The van der Waals surface area contributed by atoms with Crippen molar-refractivity contribution in [2.45, 2.75) is 64.1 Å². The second-order valence-corrected chi connectivity index (χ2v) is 14.2. The number of hydrogen-bond acceptors (Lipinski definition) is 4. The summed E-state index contributed by atoms with van der Waals surface area (Å²) in [6, 6.07) is 26.7. The first kappa shape index (κ1) is 35.0. The largest absolute Gasteiger partial charge is 0.352 e. The first-order chi connectivity index (χ1) is 21.9. The van der Waals surface area contributed by atoms with Crippen molar-refractivity contribution < 1.29 is 18.0 Å². The van der Waals surface area contributed by atoms with Crippen molar-refractivity contribution in [1.82, 2.24) is 10.2 Å². The molecule has 46 heavy (non-hydrogen) atoms. The molecule has 0 fully saturated rings. The lowest BCUT2D eigenvalue weighted by molar-refractivity contribution is -0.140. The number of aryl methyl sites for hydroxylation is 2. The Morgan fingerprint density at radius 1 is 0.826 bits per heavy atom. The molecule has 7 nitrogen and oxygen atoms in total. The Hall–Kier alpha value is -3.85. The third kappa shape index (κ3) is 8.90. The van der Waals surface area contributed by atoms with Gasteiger partial charge >= 0.3 is 0 Å². The lowest BCUT2D eigenvalue weighted by Crippen LogP contribution is -2.54. The van der Waals surface area contributed by atoms with Crippen molar-refractivity contribution in [2.75, 3.05) is 10.8 Å². The van der Waals surface area contributed by atoms with Gasteiger partial charge in [-0.15, -0.1) is 0 Å². The monoisotopic (exact) mass is 679 g/mol. The van der Waals surface area contributed by atoms with Crippen molar-refractivity contribution in [1.29, 1.82) is 0 Å². The van der Waals surface area contributed by atoms with Gasteiger partial charge in [0.2, 0.25) is 11.8 Å². The molecule has 0 aromatic heterocycles. The quantitative estimate of drug-likeness (QED) is 0.160. The lowest BCUT2D eigenvalue weighted by Gasteiger charge is -2.34. The number of carbonyl (C=O) groups excluding carboxylic acids is 2. The maximum atomic E-state index is 14.6. The van der Waals surface area contributed by atoms with Gasteiger partial charge in [-0.3, -0.25) is 13.9 Å². The molecule has 0 radical (unpaired) electrons. The van der Waals surface area contributed by atoms with Gasteiger partial charge in [-0.25, -0.2) is 8.42 Å². The Morgan fingerprint density at radius 3 is 2.07 bits per heavy atom. The topological polar surface area (TPSA) is 86.8 Å². The van der Waals surface area contributed by atoms with Gasteiger partial charge in [-0.2, -0.15) is 0 Å². The molecule has 0 aliphatic carbocycles. The molecule has 0 unspecified atom stereocenters. The van der Waals surface area contributed by atoms with E-state index in [0.717, 1.165) is 21.0 Å². The van der Waals surface area contributed by atoms with Crippen LogP contribution in [0.25, 0.3) is 0 Å². The molecule has 0 saturated carbocycles. The Morgan fingerprint density at radius 2 is 1.46 bits per heavy atom. The van der Waals surface area contributed by atoms with Crippen LogP contribution < -0.4 is 9.62 Å². The summed E-state index contributed by atoms with van der Waals surface area (Å²) in [4.78, 5) is 30.0. The Balaban J connectivity index is 1.83. The zero-order valence-electron chi connectivity index (χ0n) is 26.4. The summed E-state index contributed by atoms with van der Waals surface area (Å²) in [5.41, 5.74) is 3.39. The van der Waals surface area contributed by atoms with Gasteiger partial charge in [0.15, 0.2) is 0 Å². The molecule has 4 aromatic carbocycles. The SMILES string of the molecule is CC[C@H](C)NC(=O)[C@H](Cc1ccccc1)N(Cc1ccc(Cl)cc1)C(=O)CN(c1ccc(Cl)cc1C)S(=O)(=O)c1ccc(C)cc1. The lowest BCUT2D eigenvalue weighted by atomic mass is 10.0. The van der Waals surface area contributed by atoms with Gasteiger partial charge in [0.1, 0.15) is 12.6 Å². The fourth-order valence-electron chi connectivity index (χ4n) is 5.03. The predicted octanol–water partition coefficient (Wildman–Crippen LogP) is 7.36. The number of amides is 2. The number of sulfonamides is 1. The summed E-state index contributed by atoms with van der Waals surface area (Å²) >= 11 is 12.4. The van der Waals surface area contributed by atoms with Crippen molar-refractivity contribution in [2.24, 2.45) is 0 Å². The minimum Gasteiger partial charge on any atom is -0.352 e. The second kappa shape index (κ2) is 15.6. The molecule has 4 rings (SSSR count). The van der Waals surface area contributed by atoms with E-state index in [2.05, 4.69) is 5.32 Å². The zero-order chi connectivity index (χ0) is 33.4. The highest BCUT2D eigenvalue weighted by molar-refractivity contribution is 7.92. The molecular weight excluding hydrogens is 641 g/mol. The third-order valence-electron chi connectivity index (χ3n) is 7.85. The van der Waals surface area contributed by atoms with Crippen molar-refractivity contribution in [3.05, 3.63) is 129 Å². The van der Waals surface area contributed by atoms with Crippen LogP contribution in [-0.4, -0.2) is 43.8 Å². The van der Waals surface area contributed by atoms with Crippen LogP contribution in [0.4, 0.5) is 5.69 Å². The summed E-state index contributed by atoms with van der Waals surface area (Å²) in [7, 11) is -4.22. The average Bonchev–Trinajstić information content (AvgIpc) is 3.03. The van der Waals surface area contributed by atoms with E-state index in [9.17, 15) is 18.0 Å². The Kier molecular flexibility index (Phi) is 11.9. The maximum absolute atomic E-state index is 14.6. The summed E-state index contributed by atoms with van der Waals surface area (Å²) < 4.78 is 29.6. The normalized spacial score (nSPS) is 12.7. The minimum atomic E-state index is -4.22. The fraction of sp³-hybridized carbons (Fsp3) is 0.278. The average molecular weight is 681 g/mol. The van der Waals surface area contributed by atoms with Crippen LogP contribution in [0, 0.1) is 13.8 Å². The van der Waals surface area contributed by atoms with E-state index >= 15 is 0 Å². The number of carbonyl (C=O) groups is 2. The van der Waals surface area contributed by atoms with Crippen LogP contribution in [0.1, 0.15) is 42.5 Å². The van der Waals surface area contributed by atoms with Gasteiger partial charge in [0, 0.05) is 29.1 Å². The second-order valence-electron chi connectivity index (χ2n) is 11.4. The molecule has 0 saturated heterocycles. The predicted molar refractivity (Wildman–Crippen MR) is 186 cm³/mol. The summed E-state index contributed by atoms with van der Waals surface area (Å²) in [6.07, 6.45) is 0.931. The molecule has 242 valence electrons. The van der Waals surface area contributed by atoms with E-state index in [4.69, 9.17) is 23.2 Å². The molecule has 0 spiro atoms. The standard InChI is InChI=1S/C36H39Cl2N3O4S/c1-5-27(4)39-36(43)34(22-28-9-7-6-8-10-28)40(23-29-13-15-30(37)16-14-29)35(42)24-41(33-20-17-31(38)21-26(33)3)46(44,45)32-18-11-25(2)12-19-32/h6-21,27,34H,5,22-24H2,1-4H3,(H,39,43)/t27-,34-/m0/s1. The Labute approximate surface area is 282 Å². The molecule has 2 amide bonds. The van der Waals surface area contributed by atoms with Crippen LogP contribution in [0.2, 0.25) is 10.0 Å². The molecule has 1 N–H and O–H groups in total. The number of benzene rings is 4. The Bertz CT molecular complexity index is 1750. The molecular formula is C36H39Cl2N3O4S. The van der Waals surface area contributed by atoms with Gasteiger partial charge in [0.25, 0.3) is 10.0 Å². The van der Waals surface area contributed by atoms with Crippen LogP contribution in [0.15, 0.2) is 102 Å². The number of rotatable bonds is 13. The summed E-state index contributed by atoms with van der Waals surface area (Å²) in [5.74, 6) is -0.864. The van der Waals surface area contributed by atoms with Crippen LogP contribution in [0.3, 0.4) is 0 Å². The number of nitrogens with one attached hydrogen (secondary N) is 1. The minimum absolute atomic E-state index is 0.0415. The van der Waals surface area contributed by atoms with E-state index in [1.54, 1.807) is 61.5 Å². The van der Waals surface area contributed by atoms with Gasteiger partial charge in [-0.1, -0.05) is 90.3 Å². The van der Waals surface area contributed by atoms with Gasteiger partial charge in [-0.05, 0) is 86.3 Å². The van der Waals surface area contributed by atoms with Crippen LogP contribution in [-0.2, 0) is 32.6 Å². The molecule has 0 heterocycles. The van der Waals surface area contributed by atoms with E-state index < -0.39 is 28.5 Å².